The van der Waals surface area contributed by atoms with Crippen molar-refractivity contribution in [2.75, 3.05) is 0 Å². The van der Waals surface area contributed by atoms with Crippen LogP contribution in [-0.4, -0.2) is 16.7 Å². The van der Waals surface area contributed by atoms with Crippen LogP contribution in [0.1, 0.15) is 53.1 Å². The second-order valence-corrected chi connectivity index (χ2v) is 7.67. The van der Waals surface area contributed by atoms with Gasteiger partial charge in [-0.05, 0) is 29.2 Å². The van der Waals surface area contributed by atoms with Gasteiger partial charge in [0.05, 0.1) is 17.2 Å². The summed E-state index contributed by atoms with van der Waals surface area (Å²) in [5, 5.41) is 0. The van der Waals surface area contributed by atoms with Crippen LogP contribution < -0.4 is 0 Å². The molecule has 3 rings (SSSR count). The predicted molar refractivity (Wildman–Crippen MR) is 93.3 cm³/mol. The largest absolute Gasteiger partial charge is 0.269 e. The van der Waals surface area contributed by atoms with Crippen molar-refractivity contribution in [2.45, 2.75) is 26.8 Å². The first-order valence-corrected chi connectivity index (χ1v) is 8.33. The van der Waals surface area contributed by atoms with E-state index in [2.05, 4.69) is 15.9 Å². The number of halogens is 1. The second-order valence-electron chi connectivity index (χ2n) is 6.82. The lowest BCUT2D eigenvalue weighted by Crippen LogP contribution is -2.41. The van der Waals surface area contributed by atoms with Crippen LogP contribution in [0.5, 0.6) is 0 Å². The third kappa shape index (κ3) is 2.61. The summed E-state index contributed by atoms with van der Waals surface area (Å²) in [5.41, 5.74) is 1.61. The van der Waals surface area contributed by atoms with E-state index in [0.29, 0.717) is 11.1 Å². The zero-order valence-corrected chi connectivity index (χ0v) is 14.9. The van der Waals surface area contributed by atoms with Crippen molar-refractivity contribution in [3.8, 4) is 0 Å². The first kappa shape index (κ1) is 15.9. The molecule has 1 aliphatic rings. The highest BCUT2D eigenvalue weighted by Crippen LogP contribution is 2.44. The molecule has 1 heterocycles. The summed E-state index contributed by atoms with van der Waals surface area (Å²) in [7, 11) is 0. The molecule has 0 bridgehead atoms. The Labute approximate surface area is 144 Å². The molecule has 118 valence electrons. The molecular formula is C19H18BrNO2. The van der Waals surface area contributed by atoms with Crippen LogP contribution in [0.2, 0.25) is 0 Å². The molecule has 1 aliphatic heterocycles. The number of fused-ring (bicyclic) bond motifs is 1. The number of rotatable bonds is 2. The van der Waals surface area contributed by atoms with E-state index in [1.807, 2.05) is 45.0 Å². The van der Waals surface area contributed by atoms with E-state index in [1.165, 1.54) is 4.90 Å². The van der Waals surface area contributed by atoms with Gasteiger partial charge in [0, 0.05) is 4.47 Å². The number of imide groups is 1. The fourth-order valence-electron chi connectivity index (χ4n) is 3.13. The van der Waals surface area contributed by atoms with Gasteiger partial charge in [0.15, 0.2) is 0 Å². The molecule has 0 saturated heterocycles. The minimum Gasteiger partial charge on any atom is -0.269 e. The van der Waals surface area contributed by atoms with Crippen LogP contribution >= 0.6 is 15.9 Å². The highest BCUT2D eigenvalue weighted by Gasteiger charge is 2.45. The molecule has 0 spiro atoms. The molecule has 0 aliphatic carbocycles. The van der Waals surface area contributed by atoms with Gasteiger partial charge in [-0.2, -0.15) is 0 Å². The van der Waals surface area contributed by atoms with Crippen LogP contribution in [0, 0.1) is 5.41 Å². The zero-order chi connectivity index (χ0) is 16.8. The standard InChI is InChI=1S/C19H18BrNO2/c1-19(2,3)16(14-10-6-7-11-15(14)20)21-17(22)12-8-4-5-9-13(12)18(21)23/h4-11,16H,1-3H3/t16-/m1/s1. The van der Waals surface area contributed by atoms with Gasteiger partial charge in [0.25, 0.3) is 11.8 Å². The summed E-state index contributed by atoms with van der Waals surface area (Å²) in [6.07, 6.45) is 0. The van der Waals surface area contributed by atoms with E-state index >= 15 is 0 Å². The molecule has 4 heteroatoms. The Morgan fingerprint density at radius 2 is 1.35 bits per heavy atom. The second kappa shape index (κ2) is 5.60. The highest BCUT2D eigenvalue weighted by atomic mass is 79.9. The molecule has 0 saturated carbocycles. The van der Waals surface area contributed by atoms with Gasteiger partial charge in [-0.3, -0.25) is 14.5 Å². The average Bonchev–Trinajstić information content (AvgIpc) is 2.74. The number of hydrogen-bond donors (Lipinski definition) is 0. The number of carbonyl (C=O) groups excluding carboxylic acids is 2. The Balaban J connectivity index is 2.16. The van der Waals surface area contributed by atoms with Crippen LogP contribution in [0.4, 0.5) is 0 Å². The van der Waals surface area contributed by atoms with Crippen molar-refractivity contribution in [3.05, 3.63) is 69.7 Å². The van der Waals surface area contributed by atoms with E-state index in [-0.39, 0.29) is 23.3 Å². The van der Waals surface area contributed by atoms with Gasteiger partial charge < -0.3 is 0 Å². The Morgan fingerprint density at radius 1 is 0.870 bits per heavy atom. The van der Waals surface area contributed by atoms with E-state index < -0.39 is 0 Å². The normalized spacial score (nSPS) is 15.7. The van der Waals surface area contributed by atoms with E-state index in [0.717, 1.165) is 10.0 Å². The van der Waals surface area contributed by atoms with Crippen LogP contribution in [-0.2, 0) is 0 Å². The number of benzene rings is 2. The average molecular weight is 372 g/mol. The van der Waals surface area contributed by atoms with Crippen LogP contribution in [0.3, 0.4) is 0 Å². The lowest BCUT2D eigenvalue weighted by Gasteiger charge is -2.37. The third-order valence-electron chi connectivity index (χ3n) is 4.10. The zero-order valence-electron chi connectivity index (χ0n) is 13.3. The minimum absolute atomic E-state index is 0.221. The van der Waals surface area contributed by atoms with E-state index in [1.54, 1.807) is 24.3 Å². The minimum atomic E-state index is -0.342. The van der Waals surface area contributed by atoms with Gasteiger partial charge in [-0.25, -0.2) is 0 Å². The van der Waals surface area contributed by atoms with Crippen molar-refractivity contribution >= 4 is 27.7 Å². The summed E-state index contributed by atoms with van der Waals surface area (Å²) in [6, 6.07) is 14.4. The quantitative estimate of drug-likeness (QED) is 0.708. The molecule has 0 N–H and O–H groups in total. The maximum Gasteiger partial charge on any atom is 0.262 e. The summed E-state index contributed by atoms with van der Waals surface area (Å²) in [6.45, 7) is 6.13. The summed E-state index contributed by atoms with van der Waals surface area (Å²) in [5.74, 6) is -0.442. The molecule has 0 fully saturated rings. The lowest BCUT2D eigenvalue weighted by atomic mass is 9.81. The third-order valence-corrected chi connectivity index (χ3v) is 4.83. The first-order valence-electron chi connectivity index (χ1n) is 7.53. The predicted octanol–water partition coefficient (Wildman–Crippen LogP) is 4.83. The van der Waals surface area contributed by atoms with Crippen molar-refractivity contribution in [1.29, 1.82) is 0 Å². The fourth-order valence-corrected chi connectivity index (χ4v) is 3.63. The number of nitrogens with zero attached hydrogens (tertiary/aromatic N) is 1. The Morgan fingerprint density at radius 3 is 1.83 bits per heavy atom. The van der Waals surface area contributed by atoms with Crippen molar-refractivity contribution in [2.24, 2.45) is 5.41 Å². The lowest BCUT2D eigenvalue weighted by molar-refractivity contribution is 0.0452. The SMILES string of the molecule is CC(C)(C)[C@@H](c1ccccc1Br)N1C(=O)c2ccccc2C1=O. The molecule has 0 unspecified atom stereocenters. The Kier molecular flexibility index (Phi) is 3.88. The highest BCUT2D eigenvalue weighted by molar-refractivity contribution is 9.10. The maximum atomic E-state index is 12.9. The molecule has 2 aromatic rings. The number of hydrogen-bond acceptors (Lipinski definition) is 2. The van der Waals surface area contributed by atoms with E-state index in [4.69, 9.17) is 0 Å². The number of carbonyl (C=O) groups is 2. The maximum absolute atomic E-state index is 12.9. The van der Waals surface area contributed by atoms with Crippen LogP contribution in [0.25, 0.3) is 0 Å². The molecule has 3 nitrogen and oxygen atoms in total. The summed E-state index contributed by atoms with van der Waals surface area (Å²) < 4.78 is 0.900. The Hall–Kier alpha value is -1.94. The van der Waals surface area contributed by atoms with Crippen molar-refractivity contribution in [1.82, 2.24) is 4.90 Å². The van der Waals surface area contributed by atoms with Gasteiger partial charge in [-0.1, -0.05) is 67.0 Å². The monoisotopic (exact) mass is 371 g/mol. The van der Waals surface area contributed by atoms with E-state index in [9.17, 15) is 9.59 Å². The molecule has 2 amide bonds. The summed E-state index contributed by atoms with van der Waals surface area (Å²) in [4.78, 5) is 27.1. The molecular weight excluding hydrogens is 354 g/mol. The molecule has 1 atom stereocenters. The van der Waals surface area contributed by atoms with Gasteiger partial charge in [0.2, 0.25) is 0 Å². The molecule has 2 aromatic carbocycles. The fraction of sp³-hybridized carbons (Fsp3) is 0.263. The number of amides is 2. The Bertz CT molecular complexity index is 757. The van der Waals surface area contributed by atoms with Gasteiger partial charge in [0.1, 0.15) is 0 Å². The molecule has 0 aromatic heterocycles. The first-order chi connectivity index (χ1) is 10.8. The van der Waals surface area contributed by atoms with Crippen LogP contribution in [0.15, 0.2) is 53.0 Å². The smallest absolute Gasteiger partial charge is 0.262 e. The van der Waals surface area contributed by atoms with Crippen molar-refractivity contribution < 1.29 is 9.59 Å². The van der Waals surface area contributed by atoms with Gasteiger partial charge in [-0.15, -0.1) is 0 Å². The molecule has 23 heavy (non-hydrogen) atoms. The summed E-state index contributed by atoms with van der Waals surface area (Å²) >= 11 is 3.56. The van der Waals surface area contributed by atoms with Gasteiger partial charge >= 0.3 is 0 Å². The topological polar surface area (TPSA) is 37.4 Å². The van der Waals surface area contributed by atoms with Crippen molar-refractivity contribution in [3.63, 3.8) is 0 Å². The molecule has 0 radical (unpaired) electrons.